The second kappa shape index (κ2) is 33.9. The van der Waals surface area contributed by atoms with Crippen molar-refractivity contribution in [3.8, 4) is 5.75 Å². The highest BCUT2D eigenvalue weighted by Crippen LogP contribution is 2.17. The Balaban J connectivity index is 0.0000192. The minimum atomic E-state index is -0.691. The summed E-state index contributed by atoms with van der Waals surface area (Å²) in [5, 5.41) is 22.8. The summed E-state index contributed by atoms with van der Waals surface area (Å²) in [6, 6.07) is 6.76. The van der Waals surface area contributed by atoms with Gasteiger partial charge in [-0.1, -0.05) is 49.4 Å². The fraction of sp³-hybridized carbons (Fsp3) is 0.600. The van der Waals surface area contributed by atoms with E-state index in [0.29, 0.717) is 84.4 Å². The van der Waals surface area contributed by atoms with Gasteiger partial charge >= 0.3 is 0 Å². The first-order valence-corrected chi connectivity index (χ1v) is 21.4. The molecule has 63 heavy (non-hydrogen) atoms. The highest BCUT2D eigenvalue weighted by Gasteiger charge is 2.17. The Kier molecular flexibility index (Phi) is 31.4. The van der Waals surface area contributed by atoms with Gasteiger partial charge in [0.2, 0.25) is 11.8 Å². The molecule has 2 rings (SSSR count). The number of carbonyl (C=O) groups is 3. The summed E-state index contributed by atoms with van der Waals surface area (Å²) in [5.74, 6) is -0.282. The van der Waals surface area contributed by atoms with E-state index >= 15 is 0 Å². The smallest absolute Gasteiger partial charge is 0.280 e. The summed E-state index contributed by atoms with van der Waals surface area (Å²) in [4.78, 5) is 51.6. The highest BCUT2D eigenvalue weighted by molar-refractivity contribution is 7.59. The number of amides is 3. The van der Waals surface area contributed by atoms with Crippen LogP contribution in [0.3, 0.4) is 0 Å². The van der Waals surface area contributed by atoms with Crippen LogP contribution in [-0.4, -0.2) is 108 Å². The van der Waals surface area contributed by atoms with Crippen LogP contribution in [0.2, 0.25) is 5.15 Å². The fourth-order valence-electron chi connectivity index (χ4n) is 6.11. The number of carbonyl (C=O) groups excluding carboxylic acids is 3. The van der Waals surface area contributed by atoms with Crippen molar-refractivity contribution in [3.63, 3.8) is 0 Å². The normalized spacial score (nSPS) is 12.0. The van der Waals surface area contributed by atoms with Crippen LogP contribution in [0.4, 0.5) is 11.6 Å². The van der Waals surface area contributed by atoms with E-state index in [9.17, 15) is 14.4 Å². The third-order valence-corrected chi connectivity index (χ3v) is 9.89. The lowest BCUT2D eigenvalue weighted by Gasteiger charge is -2.23. The van der Waals surface area contributed by atoms with Crippen LogP contribution in [0.5, 0.6) is 5.75 Å². The van der Waals surface area contributed by atoms with E-state index < -0.39 is 18.0 Å². The molecule has 0 saturated heterocycles. The molecular weight excluding hydrogens is 868 g/mol. The first kappa shape index (κ1) is 58.4. The summed E-state index contributed by atoms with van der Waals surface area (Å²) < 4.78 is 6.08. The number of amidine groups is 2. The first-order valence-electron chi connectivity index (χ1n) is 21.0. The molecule has 0 aliphatic rings. The highest BCUT2D eigenvalue weighted by atomic mass is 35.5. The maximum absolute atomic E-state index is 12.6. The number of rotatable bonds is 32. The van der Waals surface area contributed by atoms with Crippen LogP contribution in [0.1, 0.15) is 106 Å². The second-order valence-electron chi connectivity index (χ2n) is 14.9. The number of aliphatic imine (C=N–C) groups is 1. The van der Waals surface area contributed by atoms with Crippen LogP contribution < -0.4 is 60.8 Å². The number of nitrogens with one attached hydrogen (secondary N) is 5. The van der Waals surface area contributed by atoms with Gasteiger partial charge < -0.3 is 55.5 Å². The number of nitrogen functional groups attached to an aromatic ring is 2. The summed E-state index contributed by atoms with van der Waals surface area (Å²) in [6.07, 6.45) is 11.0. The van der Waals surface area contributed by atoms with E-state index in [4.69, 9.17) is 67.3 Å². The fourth-order valence-corrected chi connectivity index (χ4v) is 6.24. The number of halogens is 1. The second-order valence-corrected chi connectivity index (χ2v) is 15.3. The van der Waals surface area contributed by atoms with E-state index in [0.717, 1.165) is 69.1 Å². The van der Waals surface area contributed by atoms with E-state index in [1.54, 1.807) is 0 Å². The molecule has 1 aromatic heterocycles. The molecule has 20 nitrogen and oxygen atoms in total. The zero-order chi connectivity index (χ0) is 45.0. The predicted octanol–water partition coefficient (Wildman–Crippen LogP) is 1.71. The van der Waals surface area contributed by atoms with Gasteiger partial charge in [-0.2, -0.15) is 27.0 Å². The molecule has 0 fully saturated rings. The molecule has 2 atom stereocenters. The van der Waals surface area contributed by atoms with Crippen molar-refractivity contribution in [1.29, 1.82) is 10.8 Å². The van der Waals surface area contributed by atoms with Gasteiger partial charge in [-0.15, -0.1) is 0 Å². The van der Waals surface area contributed by atoms with Crippen LogP contribution in [-0.2, 0) is 16.0 Å². The lowest BCUT2D eigenvalue weighted by Crippen LogP contribution is -2.42. The third kappa shape index (κ3) is 26.6. The summed E-state index contributed by atoms with van der Waals surface area (Å²) in [5.41, 5.74) is 41.1. The quantitative estimate of drug-likeness (QED) is 0.0282. The molecule has 0 aliphatic heterocycles. The van der Waals surface area contributed by atoms with Crippen LogP contribution >= 0.6 is 38.6 Å². The monoisotopic (exact) mass is 941 g/mol. The largest absolute Gasteiger partial charge is 0.492 e. The minimum absolute atomic E-state index is 0. The van der Waals surface area contributed by atoms with Crippen molar-refractivity contribution in [2.45, 2.75) is 108 Å². The predicted molar refractivity (Wildman–Crippen MR) is 263 cm³/mol. The van der Waals surface area contributed by atoms with Gasteiger partial charge in [-0.05, 0) is 88.6 Å². The molecule has 1 aromatic carbocycles. The molecule has 0 saturated carbocycles. The average molecular weight is 942 g/mol. The van der Waals surface area contributed by atoms with E-state index in [1.165, 1.54) is 0 Å². The molecule has 1 heterocycles. The number of hydrogen-bond donors (Lipinski definition) is 12. The molecule has 3 amide bonds. The summed E-state index contributed by atoms with van der Waals surface area (Å²) in [6.45, 7) is 3.87. The Morgan fingerprint density at radius 3 is 1.79 bits per heavy atom. The zero-order valence-electron chi connectivity index (χ0n) is 36.4. The standard InChI is InChI=1S/C40H69ClN16O4.2H2S/c41-34-36(49)55-35(48)33(54-34)39(60)56-40(50)53-20-8-7-11-27-16-18-28(19-17-27)61-26-25-57(23-9-21-51-37(58)29(42)12-3-1-5-14-31(44)45)24-10-22-52-38(59)30(43)13-4-2-6-15-32(46)47;;/h16-19,29-30H,1-15,20-26,42-43H2,(H3,44,45)(H3,46,47)(H,51,58)(H,52,59)(H4,48,49,55)(H3,50,53,56,60);2*1H2/t29-,30-;;/m0../s1. The Hall–Kier alpha value is -4.61. The Bertz CT molecular complexity index is 1660. The van der Waals surface area contributed by atoms with Crippen LogP contribution in [0.25, 0.3) is 0 Å². The number of hydrogen-bond acceptors (Lipinski definition) is 14. The van der Waals surface area contributed by atoms with Crippen molar-refractivity contribution in [3.05, 3.63) is 40.7 Å². The third-order valence-electron chi connectivity index (χ3n) is 9.61. The van der Waals surface area contributed by atoms with E-state index in [1.807, 2.05) is 24.3 Å². The van der Waals surface area contributed by atoms with Gasteiger partial charge in [0.25, 0.3) is 5.91 Å². The number of ether oxygens (including phenoxy) is 1. The summed E-state index contributed by atoms with van der Waals surface area (Å²) in [7, 11) is 0. The Morgan fingerprint density at radius 2 is 1.27 bits per heavy atom. The number of unbranched alkanes of at least 4 members (excludes halogenated alkanes) is 5. The summed E-state index contributed by atoms with van der Waals surface area (Å²) >= 11 is 5.84. The minimum Gasteiger partial charge on any atom is -0.492 e. The van der Waals surface area contributed by atoms with Gasteiger partial charge in [0.15, 0.2) is 28.4 Å². The van der Waals surface area contributed by atoms with Crippen molar-refractivity contribution in [2.24, 2.45) is 33.7 Å². The molecule has 0 spiro atoms. The average Bonchev–Trinajstić information content (AvgIpc) is 3.21. The van der Waals surface area contributed by atoms with Crippen LogP contribution in [0.15, 0.2) is 29.3 Å². The van der Waals surface area contributed by atoms with Crippen LogP contribution in [0, 0.1) is 10.8 Å². The number of nitrogens with zero attached hydrogens (tertiary/aromatic N) is 4. The van der Waals surface area contributed by atoms with Gasteiger partial charge in [0.1, 0.15) is 12.4 Å². The topological polar surface area (TPSA) is 368 Å². The molecule has 2 aromatic rings. The molecule has 0 unspecified atom stereocenters. The van der Waals surface area contributed by atoms with Gasteiger partial charge in [0, 0.05) is 39.0 Å². The lowest BCUT2D eigenvalue weighted by atomic mass is 10.1. The number of benzene rings is 1. The maximum atomic E-state index is 12.6. The van der Waals surface area contributed by atoms with Gasteiger partial charge in [-0.3, -0.25) is 40.4 Å². The molecule has 23 heteroatoms. The number of guanidine groups is 1. The number of anilines is 2. The number of aromatic nitrogens is 2. The molecule has 0 radical (unpaired) electrons. The molecular formula is C40H73ClN16O4S2. The van der Waals surface area contributed by atoms with Gasteiger partial charge in [0.05, 0.1) is 23.8 Å². The SMILES string of the molecule is N=C(N)CCCCC[C@H](N)C(=O)NCCCN(CCCNC(=O)[C@@H](N)CCCCCC(=N)N)CCOc1ccc(CCCCN=C(N)NC(=O)c2nc(Cl)c(N)nc2N)cc1.S.S. The number of aryl methyl sites for hydroxylation is 1. The molecule has 0 bridgehead atoms. The van der Waals surface area contributed by atoms with Crippen molar-refractivity contribution < 1.29 is 19.1 Å². The van der Waals surface area contributed by atoms with E-state index in [2.05, 4.69) is 35.8 Å². The molecule has 356 valence electrons. The Morgan fingerprint density at radius 1 is 0.730 bits per heavy atom. The Labute approximate surface area is 390 Å². The number of nitrogens with two attached hydrogens (primary N) is 7. The van der Waals surface area contributed by atoms with E-state index in [-0.39, 0.29) is 78.9 Å². The van der Waals surface area contributed by atoms with Crippen molar-refractivity contribution in [1.82, 2.24) is 30.8 Å². The molecule has 19 N–H and O–H groups in total. The lowest BCUT2D eigenvalue weighted by molar-refractivity contribution is -0.123. The first-order chi connectivity index (χ1) is 29.2. The maximum Gasteiger partial charge on any atom is 0.280 e. The van der Waals surface area contributed by atoms with Gasteiger partial charge in [-0.25, -0.2) is 9.97 Å². The molecule has 0 aliphatic carbocycles. The van der Waals surface area contributed by atoms with Crippen molar-refractivity contribution in [2.75, 3.05) is 57.3 Å². The zero-order valence-corrected chi connectivity index (χ0v) is 39.1. The van der Waals surface area contributed by atoms with Crippen molar-refractivity contribution >= 4 is 85.6 Å².